The van der Waals surface area contributed by atoms with E-state index in [2.05, 4.69) is 23.1 Å². The summed E-state index contributed by atoms with van der Waals surface area (Å²) in [5, 5.41) is 33.4. The number of ether oxygens (including phenoxy) is 1. The van der Waals surface area contributed by atoms with E-state index in [1.165, 1.54) is 96.1 Å². The van der Waals surface area contributed by atoms with E-state index in [-0.39, 0.29) is 0 Å². The molecule has 210 valence electrons. The summed E-state index contributed by atoms with van der Waals surface area (Å²) in [4.78, 5) is 16.5. The SMILES string of the molecule is C#CC1(O)C(CO)OC(n2ccc(NCCCCCCCCCCCCCCCCCC)nc2=O)C1O. The first-order valence-corrected chi connectivity index (χ1v) is 14.5. The van der Waals surface area contributed by atoms with Crippen molar-refractivity contribution < 1.29 is 20.1 Å². The van der Waals surface area contributed by atoms with Gasteiger partial charge in [0, 0.05) is 12.7 Å². The molecular weight excluding hydrogens is 470 g/mol. The van der Waals surface area contributed by atoms with Crippen molar-refractivity contribution in [2.75, 3.05) is 18.5 Å². The summed E-state index contributed by atoms with van der Waals surface area (Å²) in [5.41, 5.74) is -2.72. The highest BCUT2D eigenvalue weighted by atomic mass is 16.6. The Kier molecular flexibility index (Phi) is 14.9. The first-order valence-electron chi connectivity index (χ1n) is 14.5. The summed E-state index contributed by atoms with van der Waals surface area (Å²) in [7, 11) is 0. The molecule has 0 bridgehead atoms. The fourth-order valence-corrected chi connectivity index (χ4v) is 4.93. The molecule has 37 heavy (non-hydrogen) atoms. The molecule has 0 aliphatic carbocycles. The molecule has 1 saturated heterocycles. The third-order valence-corrected chi connectivity index (χ3v) is 7.35. The first-order chi connectivity index (χ1) is 18.0. The number of terminal acetylenes is 1. The maximum absolute atomic E-state index is 12.5. The van der Waals surface area contributed by atoms with Gasteiger partial charge < -0.3 is 25.4 Å². The number of unbranched alkanes of at least 4 members (excludes halogenated alkanes) is 15. The summed E-state index contributed by atoms with van der Waals surface area (Å²) >= 11 is 0. The molecule has 0 saturated carbocycles. The van der Waals surface area contributed by atoms with Gasteiger partial charge in [0.05, 0.1) is 6.61 Å². The molecule has 0 aromatic carbocycles. The quantitative estimate of drug-likeness (QED) is 0.148. The summed E-state index contributed by atoms with van der Waals surface area (Å²) in [6, 6.07) is 1.62. The van der Waals surface area contributed by atoms with Crippen LogP contribution in [0.4, 0.5) is 5.82 Å². The van der Waals surface area contributed by atoms with Crippen LogP contribution in [0.3, 0.4) is 0 Å². The Morgan fingerprint density at radius 2 is 1.51 bits per heavy atom. The molecule has 1 aliphatic rings. The molecule has 1 fully saturated rings. The fraction of sp³-hybridized carbons (Fsp3) is 0.793. The molecule has 0 radical (unpaired) electrons. The van der Waals surface area contributed by atoms with Crippen molar-refractivity contribution in [3.63, 3.8) is 0 Å². The summed E-state index contributed by atoms with van der Waals surface area (Å²) in [6.07, 6.45) is 23.9. The van der Waals surface area contributed by atoms with Crippen LogP contribution >= 0.6 is 0 Å². The summed E-state index contributed by atoms with van der Waals surface area (Å²) in [6.45, 7) is 2.40. The van der Waals surface area contributed by atoms with Gasteiger partial charge in [-0.1, -0.05) is 109 Å². The Balaban J connectivity index is 1.52. The Bertz CT molecular complexity index is 855. The van der Waals surface area contributed by atoms with Crippen molar-refractivity contribution in [1.29, 1.82) is 0 Å². The van der Waals surface area contributed by atoms with Crippen LogP contribution < -0.4 is 11.0 Å². The second-order valence-corrected chi connectivity index (χ2v) is 10.3. The second kappa shape index (κ2) is 17.6. The van der Waals surface area contributed by atoms with Crippen molar-refractivity contribution in [2.45, 2.75) is 134 Å². The summed E-state index contributed by atoms with van der Waals surface area (Å²) < 4.78 is 6.52. The highest BCUT2D eigenvalue weighted by Crippen LogP contribution is 2.36. The Morgan fingerprint density at radius 1 is 1.00 bits per heavy atom. The van der Waals surface area contributed by atoms with Crippen LogP contribution in [0, 0.1) is 12.3 Å². The van der Waals surface area contributed by atoms with Crippen LogP contribution in [0.15, 0.2) is 17.1 Å². The van der Waals surface area contributed by atoms with E-state index < -0.39 is 36.3 Å². The standard InChI is InChI=1S/C29H49N3O5/c1-3-5-6-7-8-9-10-11-12-13-14-15-16-17-18-19-21-30-25-20-22-32(28(35)31-25)27-26(34)29(36,4-2)24(23-33)37-27/h2,20,22,24,26-27,33-34,36H,3,5-19,21,23H2,1H3,(H,30,31,35). The molecule has 4 N–H and O–H groups in total. The van der Waals surface area contributed by atoms with Crippen LogP contribution in [0.25, 0.3) is 0 Å². The molecule has 2 heterocycles. The monoisotopic (exact) mass is 519 g/mol. The average molecular weight is 520 g/mol. The highest BCUT2D eigenvalue weighted by Gasteiger charge is 2.55. The molecule has 0 spiro atoms. The van der Waals surface area contributed by atoms with Crippen LogP contribution in [-0.2, 0) is 4.74 Å². The molecule has 4 unspecified atom stereocenters. The number of nitrogens with one attached hydrogen (secondary N) is 1. The minimum absolute atomic E-state index is 0.445. The molecule has 4 atom stereocenters. The van der Waals surface area contributed by atoms with Gasteiger partial charge in [0.25, 0.3) is 0 Å². The largest absolute Gasteiger partial charge is 0.394 e. The third-order valence-electron chi connectivity index (χ3n) is 7.35. The van der Waals surface area contributed by atoms with Crippen molar-refractivity contribution in [3.05, 3.63) is 22.7 Å². The van der Waals surface area contributed by atoms with Crippen LogP contribution in [0.1, 0.15) is 116 Å². The minimum Gasteiger partial charge on any atom is -0.394 e. The van der Waals surface area contributed by atoms with E-state index in [1.54, 1.807) is 6.07 Å². The fourth-order valence-electron chi connectivity index (χ4n) is 4.93. The molecular formula is C29H49N3O5. The Hall–Kier alpha value is -1.92. The predicted octanol–water partition coefficient (Wildman–Crippen LogP) is 4.53. The van der Waals surface area contributed by atoms with Gasteiger partial charge in [-0.15, -0.1) is 6.42 Å². The van der Waals surface area contributed by atoms with Gasteiger partial charge in [0.2, 0.25) is 0 Å². The maximum Gasteiger partial charge on any atom is 0.351 e. The van der Waals surface area contributed by atoms with Gasteiger partial charge in [-0.05, 0) is 12.5 Å². The third kappa shape index (κ3) is 10.0. The number of rotatable bonds is 20. The smallest absolute Gasteiger partial charge is 0.351 e. The van der Waals surface area contributed by atoms with Crippen LogP contribution in [0.5, 0.6) is 0 Å². The van der Waals surface area contributed by atoms with E-state index in [0.717, 1.165) is 24.0 Å². The van der Waals surface area contributed by atoms with Crippen molar-refractivity contribution in [2.24, 2.45) is 0 Å². The van der Waals surface area contributed by atoms with Gasteiger partial charge in [0.1, 0.15) is 18.0 Å². The number of aliphatic hydroxyl groups excluding tert-OH is 2. The average Bonchev–Trinajstić information content (AvgIpc) is 3.16. The number of aromatic nitrogens is 2. The summed E-state index contributed by atoms with van der Waals surface area (Å²) in [5.74, 6) is 2.51. The van der Waals surface area contributed by atoms with Gasteiger partial charge in [-0.2, -0.15) is 4.98 Å². The van der Waals surface area contributed by atoms with Gasteiger partial charge in [-0.3, -0.25) is 4.57 Å². The van der Waals surface area contributed by atoms with E-state index >= 15 is 0 Å². The van der Waals surface area contributed by atoms with E-state index in [0.29, 0.717) is 5.82 Å². The topological polar surface area (TPSA) is 117 Å². The zero-order valence-electron chi connectivity index (χ0n) is 22.7. The number of nitrogens with zero attached hydrogens (tertiary/aromatic N) is 2. The van der Waals surface area contributed by atoms with Gasteiger partial charge in [0.15, 0.2) is 11.8 Å². The van der Waals surface area contributed by atoms with Gasteiger partial charge in [-0.25, -0.2) is 4.79 Å². The normalized spacial score (nSPS) is 23.3. The van der Waals surface area contributed by atoms with Crippen LogP contribution in [-0.4, -0.2) is 55.8 Å². The van der Waals surface area contributed by atoms with E-state index in [9.17, 15) is 20.1 Å². The molecule has 1 aromatic heterocycles. The van der Waals surface area contributed by atoms with Crippen LogP contribution in [0.2, 0.25) is 0 Å². The molecule has 1 aromatic rings. The lowest BCUT2D eigenvalue weighted by Crippen LogP contribution is -2.48. The molecule has 2 rings (SSSR count). The first kappa shape index (κ1) is 31.3. The van der Waals surface area contributed by atoms with Gasteiger partial charge >= 0.3 is 5.69 Å². The minimum atomic E-state index is -2.08. The lowest BCUT2D eigenvalue weighted by atomic mass is 9.93. The van der Waals surface area contributed by atoms with Crippen molar-refractivity contribution in [1.82, 2.24) is 9.55 Å². The zero-order chi connectivity index (χ0) is 26.9. The number of anilines is 1. The van der Waals surface area contributed by atoms with Crippen molar-refractivity contribution >= 4 is 5.82 Å². The molecule has 0 amide bonds. The van der Waals surface area contributed by atoms with E-state index in [4.69, 9.17) is 11.2 Å². The molecule has 8 heteroatoms. The predicted molar refractivity (Wildman–Crippen MR) is 147 cm³/mol. The highest BCUT2D eigenvalue weighted by molar-refractivity contribution is 5.32. The number of hydrogen-bond donors (Lipinski definition) is 4. The molecule has 8 nitrogen and oxygen atoms in total. The molecule has 1 aliphatic heterocycles. The Labute approximate surface area is 222 Å². The zero-order valence-corrected chi connectivity index (χ0v) is 22.7. The second-order valence-electron chi connectivity index (χ2n) is 10.3. The number of aliphatic hydroxyl groups is 3. The maximum atomic E-state index is 12.5. The van der Waals surface area contributed by atoms with Crippen molar-refractivity contribution in [3.8, 4) is 12.3 Å². The lowest BCUT2D eigenvalue weighted by molar-refractivity contribution is -0.0624. The Morgan fingerprint density at radius 3 is 1.95 bits per heavy atom. The lowest BCUT2D eigenvalue weighted by Gasteiger charge is -2.24. The number of hydrogen-bond acceptors (Lipinski definition) is 7. The van der Waals surface area contributed by atoms with E-state index in [1.807, 2.05) is 0 Å².